The fourth-order valence-corrected chi connectivity index (χ4v) is 3.76. The van der Waals surface area contributed by atoms with E-state index in [4.69, 9.17) is 4.74 Å². The van der Waals surface area contributed by atoms with Crippen LogP contribution in [0.5, 0.6) is 5.75 Å². The molecule has 1 saturated heterocycles. The van der Waals surface area contributed by atoms with Crippen molar-refractivity contribution in [1.29, 1.82) is 0 Å². The van der Waals surface area contributed by atoms with E-state index in [1.54, 1.807) is 42.5 Å². The van der Waals surface area contributed by atoms with Gasteiger partial charge in [-0.25, -0.2) is 0 Å². The Balaban J connectivity index is 1.60. The molecule has 1 aliphatic heterocycles. The van der Waals surface area contributed by atoms with Crippen molar-refractivity contribution in [1.82, 2.24) is 4.90 Å². The van der Waals surface area contributed by atoms with Gasteiger partial charge in [-0.1, -0.05) is 13.3 Å². The number of anilines is 1. The molecule has 6 heteroatoms. The summed E-state index contributed by atoms with van der Waals surface area (Å²) in [4.78, 5) is 27.0. The van der Waals surface area contributed by atoms with E-state index in [0.29, 0.717) is 23.4 Å². The third kappa shape index (κ3) is 5.82. The van der Waals surface area contributed by atoms with Gasteiger partial charge < -0.3 is 15.0 Å². The molecule has 0 aliphatic carbocycles. The summed E-state index contributed by atoms with van der Waals surface area (Å²) in [5.41, 5.74) is 1.85. The van der Waals surface area contributed by atoms with E-state index >= 15 is 0 Å². The molecular weight excluding hydrogens is 432 g/mol. The Morgan fingerprint density at radius 2 is 1.72 bits per heavy atom. The lowest BCUT2D eigenvalue weighted by Crippen LogP contribution is -2.35. The number of halogens is 1. The second kappa shape index (κ2) is 10.4. The summed E-state index contributed by atoms with van der Waals surface area (Å²) in [7, 11) is 0. The number of amides is 2. The zero-order chi connectivity index (χ0) is 20.6. The Kier molecular flexibility index (Phi) is 7.69. The number of carbonyl (C=O) groups is 2. The van der Waals surface area contributed by atoms with Crippen LogP contribution in [0.25, 0.3) is 0 Å². The molecule has 5 nitrogen and oxygen atoms in total. The monoisotopic (exact) mass is 458 g/mol. The van der Waals surface area contributed by atoms with E-state index in [1.165, 1.54) is 6.42 Å². The fourth-order valence-electron chi connectivity index (χ4n) is 3.26. The van der Waals surface area contributed by atoms with Crippen molar-refractivity contribution in [3.8, 4) is 5.75 Å². The number of rotatable bonds is 7. The summed E-state index contributed by atoms with van der Waals surface area (Å²) in [5, 5.41) is 2.88. The van der Waals surface area contributed by atoms with Crippen LogP contribution in [0.4, 0.5) is 5.69 Å². The summed E-state index contributed by atoms with van der Waals surface area (Å²) in [6.07, 6.45) is 5.39. The van der Waals surface area contributed by atoms with Crippen LogP contribution in [0.1, 0.15) is 59.7 Å². The molecular formula is C23H27BrN2O3. The van der Waals surface area contributed by atoms with Gasteiger partial charge in [0.15, 0.2) is 0 Å². The molecule has 0 bridgehead atoms. The topological polar surface area (TPSA) is 58.6 Å². The van der Waals surface area contributed by atoms with E-state index in [0.717, 1.165) is 49.0 Å². The number of nitrogens with one attached hydrogen (secondary N) is 1. The molecule has 0 aromatic heterocycles. The van der Waals surface area contributed by atoms with Crippen LogP contribution in [0.3, 0.4) is 0 Å². The molecule has 0 unspecified atom stereocenters. The first kappa shape index (κ1) is 21.4. The van der Waals surface area contributed by atoms with Gasteiger partial charge in [0.1, 0.15) is 5.75 Å². The first-order chi connectivity index (χ1) is 14.1. The number of hydrogen-bond acceptors (Lipinski definition) is 3. The van der Waals surface area contributed by atoms with Gasteiger partial charge in [0.2, 0.25) is 0 Å². The van der Waals surface area contributed by atoms with Crippen molar-refractivity contribution in [2.24, 2.45) is 0 Å². The lowest BCUT2D eigenvalue weighted by atomic mass is 10.1. The van der Waals surface area contributed by atoms with Crippen LogP contribution in [-0.2, 0) is 0 Å². The Morgan fingerprint density at radius 1 is 1.03 bits per heavy atom. The standard InChI is InChI=1S/C23H27BrN2O3/c1-2-3-15-29-21-12-9-18(16-20(21)24)22(27)25-19-10-7-17(8-11-19)23(28)26-13-5-4-6-14-26/h7-12,16H,2-6,13-15H2,1H3,(H,25,27). The van der Waals surface area contributed by atoms with Gasteiger partial charge in [0.05, 0.1) is 11.1 Å². The van der Waals surface area contributed by atoms with Crippen molar-refractivity contribution in [2.75, 3.05) is 25.0 Å². The molecule has 2 aromatic carbocycles. The van der Waals surface area contributed by atoms with Crippen molar-refractivity contribution < 1.29 is 14.3 Å². The average Bonchev–Trinajstić information content (AvgIpc) is 2.75. The van der Waals surface area contributed by atoms with Crippen LogP contribution in [0, 0.1) is 0 Å². The molecule has 3 rings (SSSR count). The van der Waals surface area contributed by atoms with Crippen LogP contribution in [-0.4, -0.2) is 36.4 Å². The van der Waals surface area contributed by atoms with Gasteiger partial charge in [0, 0.05) is 29.9 Å². The first-order valence-electron chi connectivity index (χ1n) is 10.2. The minimum absolute atomic E-state index is 0.0603. The average molecular weight is 459 g/mol. The molecule has 1 aliphatic rings. The Morgan fingerprint density at radius 3 is 2.38 bits per heavy atom. The zero-order valence-corrected chi connectivity index (χ0v) is 18.3. The van der Waals surface area contributed by atoms with Crippen molar-refractivity contribution >= 4 is 33.4 Å². The molecule has 154 valence electrons. The van der Waals surface area contributed by atoms with Gasteiger partial charge in [-0.15, -0.1) is 0 Å². The minimum Gasteiger partial charge on any atom is -0.492 e. The molecule has 2 aromatic rings. The van der Waals surface area contributed by atoms with Gasteiger partial charge in [0.25, 0.3) is 11.8 Å². The number of benzene rings is 2. The minimum atomic E-state index is -0.207. The lowest BCUT2D eigenvalue weighted by molar-refractivity contribution is 0.0724. The molecule has 0 radical (unpaired) electrons. The number of unbranched alkanes of at least 4 members (excludes halogenated alkanes) is 1. The van der Waals surface area contributed by atoms with Crippen molar-refractivity contribution in [3.05, 3.63) is 58.1 Å². The predicted molar refractivity (Wildman–Crippen MR) is 119 cm³/mol. The van der Waals surface area contributed by atoms with E-state index in [1.807, 2.05) is 4.90 Å². The van der Waals surface area contributed by atoms with Gasteiger partial charge in [-0.3, -0.25) is 9.59 Å². The number of likely N-dealkylation sites (tertiary alicyclic amines) is 1. The summed E-state index contributed by atoms with van der Waals surface area (Å²) < 4.78 is 6.45. The Labute approximate surface area is 180 Å². The highest BCUT2D eigenvalue weighted by atomic mass is 79.9. The van der Waals surface area contributed by atoms with Gasteiger partial charge in [-0.05, 0) is 84.1 Å². The van der Waals surface area contributed by atoms with E-state index in [9.17, 15) is 9.59 Å². The van der Waals surface area contributed by atoms with Crippen molar-refractivity contribution in [2.45, 2.75) is 39.0 Å². The number of carbonyl (C=O) groups excluding carboxylic acids is 2. The highest BCUT2D eigenvalue weighted by Crippen LogP contribution is 2.27. The number of piperidine rings is 1. The quantitative estimate of drug-likeness (QED) is 0.556. The molecule has 0 atom stereocenters. The highest BCUT2D eigenvalue weighted by Gasteiger charge is 2.18. The Hall–Kier alpha value is -2.34. The molecule has 2 amide bonds. The van der Waals surface area contributed by atoms with E-state index < -0.39 is 0 Å². The van der Waals surface area contributed by atoms with Crippen LogP contribution < -0.4 is 10.1 Å². The second-order valence-corrected chi connectivity index (χ2v) is 8.09. The molecule has 1 fully saturated rings. The Bertz CT molecular complexity index is 846. The number of nitrogens with zero attached hydrogens (tertiary/aromatic N) is 1. The van der Waals surface area contributed by atoms with E-state index in [-0.39, 0.29) is 11.8 Å². The maximum Gasteiger partial charge on any atom is 0.255 e. The molecule has 0 spiro atoms. The van der Waals surface area contributed by atoms with Crippen LogP contribution in [0.2, 0.25) is 0 Å². The van der Waals surface area contributed by atoms with Crippen LogP contribution in [0.15, 0.2) is 46.9 Å². The smallest absolute Gasteiger partial charge is 0.255 e. The SMILES string of the molecule is CCCCOc1ccc(C(=O)Nc2ccc(C(=O)N3CCCCC3)cc2)cc1Br. The maximum atomic E-state index is 12.6. The van der Waals surface area contributed by atoms with Gasteiger partial charge in [-0.2, -0.15) is 0 Å². The fraction of sp³-hybridized carbons (Fsp3) is 0.391. The summed E-state index contributed by atoms with van der Waals surface area (Å²) in [6, 6.07) is 12.4. The predicted octanol–water partition coefficient (Wildman–Crippen LogP) is 5.51. The number of ether oxygens (including phenoxy) is 1. The zero-order valence-electron chi connectivity index (χ0n) is 16.7. The molecule has 1 N–H and O–H groups in total. The second-order valence-electron chi connectivity index (χ2n) is 7.23. The van der Waals surface area contributed by atoms with E-state index in [2.05, 4.69) is 28.2 Å². The third-order valence-electron chi connectivity index (χ3n) is 4.98. The van der Waals surface area contributed by atoms with Gasteiger partial charge >= 0.3 is 0 Å². The maximum absolute atomic E-state index is 12.6. The summed E-state index contributed by atoms with van der Waals surface area (Å²) in [6.45, 7) is 4.42. The third-order valence-corrected chi connectivity index (χ3v) is 5.60. The normalized spacial score (nSPS) is 13.8. The molecule has 0 saturated carbocycles. The largest absolute Gasteiger partial charge is 0.492 e. The lowest BCUT2D eigenvalue weighted by Gasteiger charge is -2.26. The summed E-state index contributed by atoms with van der Waals surface area (Å²) >= 11 is 3.47. The summed E-state index contributed by atoms with van der Waals surface area (Å²) in [5.74, 6) is 0.585. The molecule has 1 heterocycles. The van der Waals surface area contributed by atoms with Crippen molar-refractivity contribution in [3.63, 3.8) is 0 Å². The number of hydrogen-bond donors (Lipinski definition) is 1. The van der Waals surface area contributed by atoms with Crippen LogP contribution >= 0.6 is 15.9 Å². The first-order valence-corrected chi connectivity index (χ1v) is 11.0. The highest BCUT2D eigenvalue weighted by molar-refractivity contribution is 9.10. The molecule has 29 heavy (non-hydrogen) atoms.